The molecule has 1 aliphatic rings. The first-order valence-corrected chi connectivity index (χ1v) is 6.85. The standard InChI is InChI=1S/C15H20N2O2/c1-2-12-9-10-16-14(11-12)8-7-13-5-3-4-6-15(13)17(18)19/h3-8,12,14,16H,2,9-11H2,1H3/b8-7+. The maximum Gasteiger partial charge on any atom is 0.276 e. The summed E-state index contributed by atoms with van der Waals surface area (Å²) in [6.07, 6.45) is 7.48. The molecule has 2 atom stereocenters. The molecule has 0 bridgehead atoms. The Labute approximate surface area is 113 Å². The van der Waals surface area contributed by atoms with Gasteiger partial charge in [0, 0.05) is 12.1 Å². The van der Waals surface area contributed by atoms with Gasteiger partial charge in [0.05, 0.1) is 10.5 Å². The zero-order valence-corrected chi connectivity index (χ0v) is 11.2. The Hall–Kier alpha value is -1.68. The SMILES string of the molecule is CCC1CCNC(/C=C/c2ccccc2[N+](=O)[O-])C1. The lowest BCUT2D eigenvalue weighted by Crippen LogP contribution is -2.36. The molecule has 2 rings (SSSR count). The van der Waals surface area contributed by atoms with Gasteiger partial charge in [0.15, 0.2) is 0 Å². The summed E-state index contributed by atoms with van der Waals surface area (Å²) < 4.78 is 0. The molecule has 1 aliphatic heterocycles. The predicted molar refractivity (Wildman–Crippen MR) is 76.9 cm³/mol. The van der Waals surface area contributed by atoms with Gasteiger partial charge in [-0.3, -0.25) is 10.1 Å². The van der Waals surface area contributed by atoms with Crippen LogP contribution in [-0.4, -0.2) is 17.5 Å². The molecular weight excluding hydrogens is 240 g/mol. The van der Waals surface area contributed by atoms with Crippen molar-refractivity contribution in [1.29, 1.82) is 0 Å². The summed E-state index contributed by atoms with van der Waals surface area (Å²) in [5.74, 6) is 0.765. The number of hydrogen-bond donors (Lipinski definition) is 1. The van der Waals surface area contributed by atoms with Crippen LogP contribution in [0.3, 0.4) is 0 Å². The Kier molecular flexibility index (Phi) is 4.68. The van der Waals surface area contributed by atoms with E-state index in [-0.39, 0.29) is 10.6 Å². The van der Waals surface area contributed by atoms with Gasteiger partial charge in [-0.2, -0.15) is 0 Å². The number of nitrogens with one attached hydrogen (secondary N) is 1. The second-order valence-electron chi connectivity index (χ2n) is 5.03. The van der Waals surface area contributed by atoms with Crippen LogP contribution in [0.1, 0.15) is 31.7 Å². The van der Waals surface area contributed by atoms with Gasteiger partial charge in [-0.15, -0.1) is 0 Å². The normalized spacial score (nSPS) is 23.6. The Morgan fingerprint density at radius 1 is 1.47 bits per heavy atom. The van der Waals surface area contributed by atoms with Gasteiger partial charge >= 0.3 is 0 Å². The summed E-state index contributed by atoms with van der Waals surface area (Å²) in [4.78, 5) is 10.6. The predicted octanol–water partition coefficient (Wildman–Crippen LogP) is 3.39. The van der Waals surface area contributed by atoms with Crippen molar-refractivity contribution >= 4 is 11.8 Å². The van der Waals surface area contributed by atoms with E-state index in [0.717, 1.165) is 18.9 Å². The second-order valence-corrected chi connectivity index (χ2v) is 5.03. The maximum atomic E-state index is 10.9. The number of hydrogen-bond acceptors (Lipinski definition) is 3. The molecule has 1 saturated heterocycles. The van der Waals surface area contributed by atoms with E-state index in [1.165, 1.54) is 12.8 Å². The van der Waals surface area contributed by atoms with Crippen LogP contribution in [0.5, 0.6) is 0 Å². The Morgan fingerprint density at radius 2 is 2.26 bits per heavy atom. The van der Waals surface area contributed by atoms with Crippen LogP contribution in [0.2, 0.25) is 0 Å². The van der Waals surface area contributed by atoms with E-state index in [1.54, 1.807) is 18.2 Å². The van der Waals surface area contributed by atoms with Gasteiger partial charge in [-0.1, -0.05) is 37.6 Å². The Morgan fingerprint density at radius 3 is 3.00 bits per heavy atom. The van der Waals surface area contributed by atoms with Crippen LogP contribution < -0.4 is 5.32 Å². The number of nitrogens with zero attached hydrogens (tertiary/aromatic N) is 1. The molecule has 0 saturated carbocycles. The minimum absolute atomic E-state index is 0.168. The van der Waals surface area contributed by atoms with Crippen LogP contribution in [0.15, 0.2) is 30.3 Å². The van der Waals surface area contributed by atoms with Crippen molar-refractivity contribution in [2.75, 3.05) is 6.54 Å². The highest BCUT2D eigenvalue weighted by Crippen LogP contribution is 2.22. The quantitative estimate of drug-likeness (QED) is 0.667. The first-order valence-electron chi connectivity index (χ1n) is 6.85. The van der Waals surface area contributed by atoms with Crippen molar-refractivity contribution in [1.82, 2.24) is 5.32 Å². The minimum Gasteiger partial charge on any atom is -0.310 e. The number of benzene rings is 1. The lowest BCUT2D eigenvalue weighted by atomic mass is 9.90. The van der Waals surface area contributed by atoms with Gasteiger partial charge in [0.2, 0.25) is 0 Å². The van der Waals surface area contributed by atoms with E-state index in [1.807, 2.05) is 12.1 Å². The second kappa shape index (κ2) is 6.48. The van der Waals surface area contributed by atoms with Gasteiger partial charge in [-0.05, 0) is 31.4 Å². The van der Waals surface area contributed by atoms with E-state index in [4.69, 9.17) is 0 Å². The molecule has 0 aliphatic carbocycles. The largest absolute Gasteiger partial charge is 0.310 e. The van der Waals surface area contributed by atoms with Crippen molar-refractivity contribution in [3.8, 4) is 0 Å². The third kappa shape index (κ3) is 3.64. The molecule has 1 aromatic carbocycles. The molecule has 0 radical (unpaired) electrons. The summed E-state index contributed by atoms with van der Waals surface area (Å²) in [6, 6.07) is 7.19. The maximum absolute atomic E-state index is 10.9. The first-order chi connectivity index (χ1) is 9.20. The fourth-order valence-electron chi connectivity index (χ4n) is 2.57. The molecule has 4 nitrogen and oxygen atoms in total. The topological polar surface area (TPSA) is 55.2 Å². The van der Waals surface area contributed by atoms with Gasteiger partial charge in [0.1, 0.15) is 0 Å². The molecule has 1 fully saturated rings. The summed E-state index contributed by atoms with van der Waals surface area (Å²) in [5, 5.41) is 14.4. The van der Waals surface area contributed by atoms with Crippen LogP contribution in [0.25, 0.3) is 6.08 Å². The lowest BCUT2D eigenvalue weighted by molar-refractivity contribution is -0.385. The third-order valence-corrected chi connectivity index (χ3v) is 3.77. The lowest BCUT2D eigenvalue weighted by Gasteiger charge is -2.27. The molecule has 102 valence electrons. The summed E-state index contributed by atoms with van der Waals surface area (Å²) >= 11 is 0. The third-order valence-electron chi connectivity index (χ3n) is 3.77. The number of piperidine rings is 1. The zero-order chi connectivity index (χ0) is 13.7. The van der Waals surface area contributed by atoms with Crippen LogP contribution in [0, 0.1) is 16.0 Å². The zero-order valence-electron chi connectivity index (χ0n) is 11.2. The smallest absolute Gasteiger partial charge is 0.276 e. The highest BCUT2D eigenvalue weighted by Gasteiger charge is 2.18. The van der Waals surface area contributed by atoms with Crippen molar-refractivity contribution in [2.45, 2.75) is 32.2 Å². The number of nitro benzene ring substituents is 1. The van der Waals surface area contributed by atoms with Crippen LogP contribution >= 0.6 is 0 Å². The van der Waals surface area contributed by atoms with Crippen molar-refractivity contribution in [3.05, 3.63) is 46.0 Å². The molecule has 1 heterocycles. The van der Waals surface area contributed by atoms with Crippen LogP contribution in [-0.2, 0) is 0 Å². The van der Waals surface area contributed by atoms with Crippen LogP contribution in [0.4, 0.5) is 5.69 Å². The van der Waals surface area contributed by atoms with Crippen molar-refractivity contribution in [3.63, 3.8) is 0 Å². The monoisotopic (exact) mass is 260 g/mol. The molecule has 4 heteroatoms. The van der Waals surface area contributed by atoms with E-state index in [0.29, 0.717) is 11.6 Å². The molecular formula is C15H20N2O2. The Bertz CT molecular complexity index is 471. The molecule has 19 heavy (non-hydrogen) atoms. The molecule has 2 unspecified atom stereocenters. The van der Waals surface area contributed by atoms with E-state index >= 15 is 0 Å². The van der Waals surface area contributed by atoms with E-state index in [9.17, 15) is 10.1 Å². The summed E-state index contributed by atoms with van der Waals surface area (Å²) in [7, 11) is 0. The van der Waals surface area contributed by atoms with Crippen molar-refractivity contribution < 1.29 is 4.92 Å². The minimum atomic E-state index is -0.331. The van der Waals surface area contributed by atoms with Gasteiger partial charge < -0.3 is 5.32 Å². The highest BCUT2D eigenvalue weighted by atomic mass is 16.6. The Balaban J connectivity index is 2.08. The number of nitro groups is 1. The summed E-state index contributed by atoms with van der Waals surface area (Å²) in [5.41, 5.74) is 0.842. The van der Waals surface area contributed by atoms with Crippen molar-refractivity contribution in [2.24, 2.45) is 5.92 Å². The molecule has 1 aromatic rings. The highest BCUT2D eigenvalue weighted by molar-refractivity contribution is 5.61. The van der Waals surface area contributed by atoms with Gasteiger partial charge in [0.25, 0.3) is 5.69 Å². The first kappa shape index (κ1) is 13.7. The van der Waals surface area contributed by atoms with E-state index in [2.05, 4.69) is 18.3 Å². The fraction of sp³-hybridized carbons (Fsp3) is 0.467. The van der Waals surface area contributed by atoms with Gasteiger partial charge in [-0.25, -0.2) is 0 Å². The van der Waals surface area contributed by atoms with E-state index < -0.39 is 0 Å². The average Bonchev–Trinajstić information content (AvgIpc) is 2.45. The molecule has 0 amide bonds. The molecule has 0 aromatic heterocycles. The number of para-hydroxylation sites is 1. The molecule has 0 spiro atoms. The summed E-state index contributed by atoms with van der Waals surface area (Å²) in [6.45, 7) is 3.25. The fourth-order valence-corrected chi connectivity index (χ4v) is 2.57. The molecule has 1 N–H and O–H groups in total. The number of rotatable bonds is 4. The average molecular weight is 260 g/mol.